The summed E-state index contributed by atoms with van der Waals surface area (Å²) in [6, 6.07) is 3.59. The van der Waals surface area contributed by atoms with Crippen LogP contribution in [0.3, 0.4) is 0 Å². The predicted octanol–water partition coefficient (Wildman–Crippen LogP) is 0.444. The summed E-state index contributed by atoms with van der Waals surface area (Å²) in [7, 11) is 0. The van der Waals surface area contributed by atoms with Gasteiger partial charge in [-0.2, -0.15) is 15.1 Å². The Morgan fingerprint density at radius 3 is 2.40 bits per heavy atom. The predicted molar refractivity (Wildman–Crippen MR) is 57.5 cm³/mol. The van der Waals surface area contributed by atoms with Crippen LogP contribution in [0, 0.1) is 13.8 Å². The van der Waals surface area contributed by atoms with Crippen LogP contribution < -0.4 is 11.5 Å². The SMILES string of the molecule is Cc1cc(C)n(-c2cc(N)nc(N)n2)n1. The molecule has 2 aromatic rings. The van der Waals surface area contributed by atoms with Gasteiger partial charge in [0.2, 0.25) is 5.95 Å². The molecule has 0 unspecified atom stereocenters. The Kier molecular flexibility index (Phi) is 2.03. The molecule has 0 bridgehead atoms. The summed E-state index contributed by atoms with van der Waals surface area (Å²) in [6.45, 7) is 3.85. The maximum atomic E-state index is 5.58. The summed E-state index contributed by atoms with van der Waals surface area (Å²) in [5.74, 6) is 1.08. The van der Waals surface area contributed by atoms with Crippen LogP contribution >= 0.6 is 0 Å². The number of hydrogen-bond acceptors (Lipinski definition) is 5. The van der Waals surface area contributed by atoms with Gasteiger partial charge in [-0.3, -0.25) is 0 Å². The summed E-state index contributed by atoms with van der Waals surface area (Å²) < 4.78 is 1.68. The fourth-order valence-corrected chi connectivity index (χ4v) is 1.44. The summed E-state index contributed by atoms with van der Waals surface area (Å²) in [6.07, 6.45) is 0. The second kappa shape index (κ2) is 3.23. The third-order valence-corrected chi connectivity index (χ3v) is 1.98. The number of rotatable bonds is 1. The van der Waals surface area contributed by atoms with Crippen molar-refractivity contribution in [1.29, 1.82) is 0 Å². The van der Waals surface area contributed by atoms with Crippen LogP contribution in [0.2, 0.25) is 0 Å². The van der Waals surface area contributed by atoms with Crippen molar-refractivity contribution < 1.29 is 0 Å². The Morgan fingerprint density at radius 2 is 1.87 bits per heavy atom. The first-order valence-electron chi connectivity index (χ1n) is 4.50. The maximum Gasteiger partial charge on any atom is 0.224 e. The van der Waals surface area contributed by atoms with Gasteiger partial charge in [-0.25, -0.2) is 4.68 Å². The molecule has 4 N–H and O–H groups in total. The van der Waals surface area contributed by atoms with Crippen LogP contribution in [0.25, 0.3) is 5.82 Å². The highest BCUT2D eigenvalue weighted by Gasteiger charge is 2.06. The highest BCUT2D eigenvalue weighted by Crippen LogP contribution is 2.12. The van der Waals surface area contributed by atoms with Crippen molar-refractivity contribution >= 4 is 11.8 Å². The average molecular weight is 204 g/mol. The van der Waals surface area contributed by atoms with E-state index in [9.17, 15) is 0 Å². The normalized spacial score (nSPS) is 10.5. The zero-order valence-electron chi connectivity index (χ0n) is 8.60. The molecule has 0 radical (unpaired) electrons. The minimum Gasteiger partial charge on any atom is -0.383 e. The van der Waals surface area contributed by atoms with E-state index in [1.807, 2.05) is 19.9 Å². The second-order valence-electron chi connectivity index (χ2n) is 3.35. The standard InChI is InChI=1S/C9H12N6/c1-5-3-6(2)15(14-5)8-4-7(10)12-9(11)13-8/h3-4H,1-2H3,(H4,10,11,12,13). The van der Waals surface area contributed by atoms with Crippen molar-refractivity contribution in [2.24, 2.45) is 0 Å². The Labute approximate surface area is 86.9 Å². The molecule has 0 aromatic carbocycles. The third kappa shape index (κ3) is 1.74. The van der Waals surface area contributed by atoms with Gasteiger partial charge in [0, 0.05) is 11.8 Å². The van der Waals surface area contributed by atoms with Crippen LogP contribution in [0.5, 0.6) is 0 Å². The molecule has 15 heavy (non-hydrogen) atoms. The van der Waals surface area contributed by atoms with Gasteiger partial charge in [0.25, 0.3) is 0 Å². The van der Waals surface area contributed by atoms with E-state index in [4.69, 9.17) is 11.5 Å². The number of nitrogens with two attached hydrogens (primary N) is 2. The molecule has 0 aliphatic carbocycles. The van der Waals surface area contributed by atoms with E-state index in [0.29, 0.717) is 11.6 Å². The Hall–Kier alpha value is -2.11. The van der Waals surface area contributed by atoms with Gasteiger partial charge in [0.15, 0.2) is 5.82 Å². The van der Waals surface area contributed by atoms with Gasteiger partial charge >= 0.3 is 0 Å². The van der Waals surface area contributed by atoms with Crippen molar-refractivity contribution in [3.8, 4) is 5.82 Å². The van der Waals surface area contributed by atoms with Crippen LogP contribution in [0.15, 0.2) is 12.1 Å². The lowest BCUT2D eigenvalue weighted by Gasteiger charge is -2.04. The molecule has 0 saturated carbocycles. The maximum absolute atomic E-state index is 5.58. The quantitative estimate of drug-likeness (QED) is 0.702. The number of nitrogens with zero attached hydrogens (tertiary/aromatic N) is 4. The highest BCUT2D eigenvalue weighted by molar-refractivity contribution is 5.42. The molecule has 0 fully saturated rings. The first kappa shape index (κ1) is 9.45. The van der Waals surface area contributed by atoms with E-state index < -0.39 is 0 Å². The van der Waals surface area contributed by atoms with E-state index in [2.05, 4.69) is 15.1 Å². The Balaban J connectivity index is 2.58. The summed E-state index contributed by atoms with van der Waals surface area (Å²) in [4.78, 5) is 7.87. The summed E-state index contributed by atoms with van der Waals surface area (Å²) >= 11 is 0. The molecule has 0 aliphatic heterocycles. The third-order valence-electron chi connectivity index (χ3n) is 1.98. The molecular weight excluding hydrogens is 192 g/mol. The van der Waals surface area contributed by atoms with E-state index in [0.717, 1.165) is 11.4 Å². The van der Waals surface area contributed by atoms with E-state index >= 15 is 0 Å². The molecule has 0 atom stereocenters. The molecule has 2 rings (SSSR count). The van der Waals surface area contributed by atoms with Crippen molar-refractivity contribution in [2.45, 2.75) is 13.8 Å². The first-order valence-corrected chi connectivity index (χ1v) is 4.50. The highest BCUT2D eigenvalue weighted by atomic mass is 15.3. The molecule has 2 heterocycles. The number of nitrogen functional groups attached to an aromatic ring is 2. The largest absolute Gasteiger partial charge is 0.383 e. The number of hydrogen-bond donors (Lipinski definition) is 2. The molecule has 78 valence electrons. The molecule has 6 nitrogen and oxygen atoms in total. The van der Waals surface area contributed by atoms with Gasteiger partial charge in [-0.15, -0.1) is 0 Å². The summed E-state index contributed by atoms with van der Waals surface area (Å²) in [5.41, 5.74) is 13.0. The topological polar surface area (TPSA) is 95.6 Å². The van der Waals surface area contributed by atoms with Crippen molar-refractivity contribution in [1.82, 2.24) is 19.7 Å². The number of anilines is 2. The minimum atomic E-state index is 0.151. The van der Waals surface area contributed by atoms with E-state index in [1.165, 1.54) is 0 Å². The second-order valence-corrected chi connectivity index (χ2v) is 3.35. The van der Waals surface area contributed by atoms with Crippen molar-refractivity contribution in [3.63, 3.8) is 0 Å². The molecule has 0 spiro atoms. The van der Waals surface area contributed by atoms with E-state index in [1.54, 1.807) is 10.7 Å². The zero-order chi connectivity index (χ0) is 11.0. The molecule has 2 aromatic heterocycles. The zero-order valence-corrected chi connectivity index (χ0v) is 8.60. The molecule has 0 amide bonds. The Bertz CT molecular complexity index is 481. The van der Waals surface area contributed by atoms with Crippen LogP contribution in [-0.4, -0.2) is 19.7 Å². The molecule has 6 heteroatoms. The minimum absolute atomic E-state index is 0.151. The fraction of sp³-hybridized carbons (Fsp3) is 0.222. The number of aryl methyl sites for hydroxylation is 2. The van der Waals surface area contributed by atoms with Gasteiger partial charge in [-0.1, -0.05) is 0 Å². The lowest BCUT2D eigenvalue weighted by Crippen LogP contribution is -2.07. The Morgan fingerprint density at radius 1 is 1.13 bits per heavy atom. The van der Waals surface area contributed by atoms with Gasteiger partial charge in [-0.05, 0) is 19.9 Å². The lowest BCUT2D eigenvalue weighted by atomic mass is 10.4. The van der Waals surface area contributed by atoms with Crippen LogP contribution in [0.4, 0.5) is 11.8 Å². The first-order chi connectivity index (χ1) is 7.06. The lowest BCUT2D eigenvalue weighted by molar-refractivity contribution is 0.804. The monoisotopic (exact) mass is 204 g/mol. The van der Waals surface area contributed by atoms with Gasteiger partial charge in [0.05, 0.1) is 5.69 Å². The van der Waals surface area contributed by atoms with Crippen molar-refractivity contribution in [3.05, 3.63) is 23.5 Å². The van der Waals surface area contributed by atoms with Gasteiger partial charge in [0.1, 0.15) is 5.82 Å². The molecule has 0 aliphatic rings. The average Bonchev–Trinajstić information content (AvgIpc) is 2.43. The van der Waals surface area contributed by atoms with Gasteiger partial charge < -0.3 is 11.5 Å². The van der Waals surface area contributed by atoms with Crippen LogP contribution in [0.1, 0.15) is 11.4 Å². The summed E-state index contributed by atoms with van der Waals surface area (Å²) in [5, 5.41) is 4.28. The smallest absolute Gasteiger partial charge is 0.224 e. The van der Waals surface area contributed by atoms with Crippen LogP contribution in [-0.2, 0) is 0 Å². The fourth-order valence-electron chi connectivity index (χ4n) is 1.44. The molecule has 0 saturated heterocycles. The molecular formula is C9H12N6. The number of aromatic nitrogens is 4. The van der Waals surface area contributed by atoms with Crippen molar-refractivity contribution in [2.75, 3.05) is 11.5 Å². The van der Waals surface area contributed by atoms with E-state index in [-0.39, 0.29) is 5.95 Å².